The third kappa shape index (κ3) is 4.65. The van der Waals surface area contributed by atoms with Crippen LogP contribution in [0.1, 0.15) is 47.8 Å². The lowest BCUT2D eigenvalue weighted by atomic mass is 9.96. The van der Waals surface area contributed by atoms with Crippen LogP contribution in [-0.4, -0.2) is 28.1 Å². The Hall–Kier alpha value is -4.52. The average molecular weight is 521 g/mol. The molecular weight excluding hydrogens is 491 g/mol. The van der Waals surface area contributed by atoms with Crippen molar-refractivity contribution in [2.45, 2.75) is 32.6 Å². The highest BCUT2D eigenvalue weighted by atomic mass is 19.1. The highest BCUT2D eigenvalue weighted by molar-refractivity contribution is 6.14. The number of hydrogen-bond donors (Lipinski definition) is 2. The fourth-order valence-electron chi connectivity index (χ4n) is 5.60. The molecule has 7 heteroatoms. The van der Waals surface area contributed by atoms with Gasteiger partial charge in [0, 0.05) is 23.7 Å². The summed E-state index contributed by atoms with van der Waals surface area (Å²) in [4.78, 5) is 26.4. The number of rotatable bonds is 6. The Kier molecular flexibility index (Phi) is 6.57. The molecular formula is C32H29FN4O2. The summed E-state index contributed by atoms with van der Waals surface area (Å²) in [5, 5.41) is 13.6. The van der Waals surface area contributed by atoms with E-state index in [0.29, 0.717) is 23.6 Å². The summed E-state index contributed by atoms with van der Waals surface area (Å²) < 4.78 is 14.9. The maximum atomic E-state index is 13.4. The van der Waals surface area contributed by atoms with E-state index in [0.717, 1.165) is 58.5 Å². The zero-order valence-electron chi connectivity index (χ0n) is 21.7. The van der Waals surface area contributed by atoms with Gasteiger partial charge in [-0.3, -0.25) is 9.59 Å². The number of aromatic nitrogens is 2. The monoisotopic (exact) mass is 520 g/mol. The van der Waals surface area contributed by atoms with E-state index in [4.69, 9.17) is 5.10 Å². The van der Waals surface area contributed by atoms with Gasteiger partial charge < -0.3 is 10.6 Å². The van der Waals surface area contributed by atoms with Crippen molar-refractivity contribution in [3.05, 3.63) is 90.2 Å². The Bertz CT molecular complexity index is 1700. The molecule has 5 aromatic rings. The van der Waals surface area contributed by atoms with Crippen LogP contribution in [0.15, 0.2) is 78.9 Å². The van der Waals surface area contributed by atoms with Crippen LogP contribution in [0, 0.1) is 11.7 Å². The first-order valence-corrected chi connectivity index (χ1v) is 13.4. The predicted octanol–water partition coefficient (Wildman–Crippen LogP) is 7.51. The van der Waals surface area contributed by atoms with Crippen molar-refractivity contribution in [2.75, 3.05) is 17.2 Å². The van der Waals surface area contributed by atoms with Gasteiger partial charge in [0.1, 0.15) is 5.82 Å². The van der Waals surface area contributed by atoms with Crippen LogP contribution in [0.3, 0.4) is 0 Å². The lowest BCUT2D eigenvalue weighted by Crippen LogP contribution is -2.20. The smallest absolute Gasteiger partial charge is 0.256 e. The summed E-state index contributed by atoms with van der Waals surface area (Å²) in [6.07, 6.45) is 4.00. The largest absolute Gasteiger partial charge is 0.368 e. The lowest BCUT2D eigenvalue weighted by molar-refractivity contribution is 0.0826. The molecule has 0 aliphatic heterocycles. The second-order valence-electron chi connectivity index (χ2n) is 10.0. The number of nitrogens with zero attached hydrogens (tertiary/aromatic N) is 2. The predicted molar refractivity (Wildman–Crippen MR) is 154 cm³/mol. The quantitative estimate of drug-likeness (QED) is 0.243. The van der Waals surface area contributed by atoms with Crippen molar-refractivity contribution >= 4 is 45.0 Å². The molecule has 4 aromatic carbocycles. The molecule has 196 valence electrons. The number of nitrogens with one attached hydrogen (secondary N) is 2. The van der Waals surface area contributed by atoms with E-state index in [-0.39, 0.29) is 23.5 Å². The number of hydrogen-bond acceptors (Lipinski definition) is 4. The molecule has 0 saturated heterocycles. The first kappa shape index (κ1) is 24.8. The molecule has 0 bridgehead atoms. The van der Waals surface area contributed by atoms with Crippen LogP contribution in [0.5, 0.6) is 0 Å². The van der Waals surface area contributed by atoms with Gasteiger partial charge in [-0.15, -0.1) is 5.10 Å². The molecule has 6 rings (SSSR count). The highest BCUT2D eigenvalue weighted by Gasteiger charge is 2.27. The van der Waals surface area contributed by atoms with Crippen LogP contribution in [0.4, 0.5) is 15.9 Å². The Morgan fingerprint density at radius 2 is 1.74 bits per heavy atom. The molecule has 0 radical (unpaired) electrons. The minimum absolute atomic E-state index is 0.0198. The maximum absolute atomic E-state index is 13.4. The van der Waals surface area contributed by atoms with E-state index in [2.05, 4.69) is 16.7 Å². The van der Waals surface area contributed by atoms with Gasteiger partial charge in [0.15, 0.2) is 5.82 Å². The lowest BCUT2D eigenvalue weighted by Gasteiger charge is -2.11. The van der Waals surface area contributed by atoms with E-state index >= 15 is 0 Å². The van der Waals surface area contributed by atoms with Crippen molar-refractivity contribution in [3.8, 4) is 11.1 Å². The second kappa shape index (κ2) is 10.3. The van der Waals surface area contributed by atoms with E-state index in [1.54, 1.807) is 10.7 Å². The maximum Gasteiger partial charge on any atom is 0.256 e. The van der Waals surface area contributed by atoms with E-state index in [1.165, 1.54) is 24.3 Å². The molecule has 39 heavy (non-hydrogen) atoms. The Morgan fingerprint density at radius 1 is 0.974 bits per heavy atom. The van der Waals surface area contributed by atoms with Gasteiger partial charge in [0.25, 0.3) is 11.8 Å². The Morgan fingerprint density at radius 3 is 2.51 bits per heavy atom. The molecule has 1 amide bonds. The standard InChI is InChI=1S/C32H29FN4O2/c1-2-34-30-29-26(10-6-12-28(29)37(36-30)32(39)20-7-3-4-8-20)22-13-18-25-21(19-22)9-5-11-27(25)31(38)35-24-16-14-23(33)15-17-24/h5-6,9-20H,2-4,7-8H2,1H3,(H,34,36)(H,35,38). The number of fused-ring (bicyclic) bond motifs is 2. The van der Waals surface area contributed by atoms with Gasteiger partial charge in [-0.2, -0.15) is 4.68 Å². The summed E-state index contributed by atoms with van der Waals surface area (Å²) in [6.45, 7) is 2.70. The van der Waals surface area contributed by atoms with Crippen molar-refractivity contribution < 1.29 is 14.0 Å². The summed E-state index contributed by atoms with van der Waals surface area (Å²) in [5.74, 6) is 0.164. The fourth-order valence-corrected chi connectivity index (χ4v) is 5.60. The average Bonchev–Trinajstić information content (AvgIpc) is 3.62. The number of halogens is 1. The molecule has 1 aliphatic rings. The van der Waals surface area contributed by atoms with Gasteiger partial charge in [0.05, 0.1) is 10.9 Å². The minimum Gasteiger partial charge on any atom is -0.368 e. The van der Waals surface area contributed by atoms with E-state index in [1.807, 2.05) is 49.4 Å². The van der Waals surface area contributed by atoms with E-state index in [9.17, 15) is 14.0 Å². The normalized spacial score (nSPS) is 13.7. The van der Waals surface area contributed by atoms with Crippen molar-refractivity contribution in [2.24, 2.45) is 5.92 Å². The molecule has 1 heterocycles. The fraction of sp³-hybridized carbons (Fsp3) is 0.219. The molecule has 0 spiro atoms. The molecule has 1 aliphatic carbocycles. The molecule has 2 N–H and O–H groups in total. The number of amides is 1. The van der Waals surface area contributed by atoms with Gasteiger partial charge in [0.2, 0.25) is 0 Å². The summed E-state index contributed by atoms with van der Waals surface area (Å²) in [7, 11) is 0. The molecule has 1 aromatic heterocycles. The van der Waals surface area contributed by atoms with Crippen LogP contribution in [0.2, 0.25) is 0 Å². The van der Waals surface area contributed by atoms with Crippen LogP contribution >= 0.6 is 0 Å². The number of benzene rings is 4. The molecule has 1 saturated carbocycles. The first-order valence-electron chi connectivity index (χ1n) is 13.4. The van der Waals surface area contributed by atoms with Gasteiger partial charge in [-0.05, 0) is 84.1 Å². The number of anilines is 2. The minimum atomic E-state index is -0.355. The van der Waals surface area contributed by atoms with Crippen LogP contribution < -0.4 is 10.6 Å². The topological polar surface area (TPSA) is 76.0 Å². The third-order valence-corrected chi connectivity index (χ3v) is 7.50. The Balaban J connectivity index is 1.41. The van der Waals surface area contributed by atoms with Crippen molar-refractivity contribution in [1.82, 2.24) is 9.78 Å². The van der Waals surface area contributed by atoms with Crippen molar-refractivity contribution in [3.63, 3.8) is 0 Å². The van der Waals surface area contributed by atoms with Gasteiger partial charge in [-0.25, -0.2) is 4.39 Å². The number of carbonyl (C=O) groups excluding carboxylic acids is 2. The molecule has 6 nitrogen and oxygen atoms in total. The summed E-state index contributed by atoms with van der Waals surface area (Å²) in [6, 6.07) is 23.3. The molecule has 0 unspecified atom stereocenters. The summed E-state index contributed by atoms with van der Waals surface area (Å²) in [5.41, 5.74) is 3.80. The Labute approximate surface area is 225 Å². The third-order valence-electron chi connectivity index (χ3n) is 7.50. The second-order valence-corrected chi connectivity index (χ2v) is 10.0. The van der Waals surface area contributed by atoms with E-state index < -0.39 is 0 Å². The zero-order valence-corrected chi connectivity index (χ0v) is 21.7. The number of carbonyl (C=O) groups is 2. The SMILES string of the molecule is CCNc1nn(C(=O)C2CCCC2)c2cccc(-c3ccc4c(C(=O)Nc5ccc(F)cc5)cccc4c3)c12. The van der Waals surface area contributed by atoms with Crippen molar-refractivity contribution in [1.29, 1.82) is 0 Å². The first-order chi connectivity index (χ1) is 19.0. The van der Waals surface area contributed by atoms with Crippen LogP contribution in [0.25, 0.3) is 32.8 Å². The highest BCUT2D eigenvalue weighted by Crippen LogP contribution is 2.37. The zero-order chi connectivity index (χ0) is 26.9. The molecule has 0 atom stereocenters. The van der Waals surface area contributed by atoms with Gasteiger partial charge in [-0.1, -0.05) is 49.2 Å². The molecule has 1 fully saturated rings. The van der Waals surface area contributed by atoms with Crippen LogP contribution in [-0.2, 0) is 0 Å². The summed E-state index contributed by atoms with van der Waals surface area (Å²) >= 11 is 0. The van der Waals surface area contributed by atoms with Gasteiger partial charge >= 0.3 is 0 Å².